The number of fused-ring (bicyclic) bond motifs is 2. The molecule has 5 atom stereocenters. The molecule has 2 bridgehead atoms. The fourth-order valence-electron chi connectivity index (χ4n) is 6.53. The van der Waals surface area contributed by atoms with Gasteiger partial charge in [-0.3, -0.25) is 14.4 Å². The van der Waals surface area contributed by atoms with E-state index in [1.54, 1.807) is 16.5 Å². The van der Waals surface area contributed by atoms with E-state index in [4.69, 9.17) is 9.47 Å². The third kappa shape index (κ3) is 3.59. The summed E-state index contributed by atoms with van der Waals surface area (Å²) in [6, 6.07) is 6.55. The molecule has 0 radical (unpaired) electrons. The minimum atomic E-state index is -1.10. The van der Waals surface area contributed by atoms with Gasteiger partial charge >= 0.3 is 5.97 Å². The van der Waals surface area contributed by atoms with Crippen LogP contribution >= 0.6 is 0 Å². The lowest BCUT2D eigenvalue weighted by Crippen LogP contribution is -2.55. The van der Waals surface area contributed by atoms with Crippen LogP contribution in [0.1, 0.15) is 46.0 Å². The molecular formula is C25H33N5O6. The lowest BCUT2D eigenvalue weighted by Gasteiger charge is -2.33. The summed E-state index contributed by atoms with van der Waals surface area (Å²) in [6.45, 7) is 4.26. The van der Waals surface area contributed by atoms with Gasteiger partial charge in [-0.05, 0) is 51.2 Å². The van der Waals surface area contributed by atoms with E-state index in [1.807, 2.05) is 31.2 Å². The van der Waals surface area contributed by atoms with E-state index in [0.717, 1.165) is 5.52 Å². The van der Waals surface area contributed by atoms with Crippen LogP contribution in [0.4, 0.5) is 0 Å². The average molecular weight is 500 g/mol. The smallest absolute Gasteiger partial charge is 0.312 e. The number of nitrogens with zero attached hydrogens (tertiary/aromatic N) is 4. The van der Waals surface area contributed by atoms with Gasteiger partial charge in [-0.1, -0.05) is 24.3 Å². The Balaban J connectivity index is 1.46. The molecule has 3 saturated heterocycles. The second-order valence-electron chi connectivity index (χ2n) is 9.82. The lowest BCUT2D eigenvalue weighted by atomic mass is 9.65. The zero-order valence-electron chi connectivity index (χ0n) is 20.7. The molecule has 194 valence electrons. The van der Waals surface area contributed by atoms with Crippen molar-refractivity contribution in [3.8, 4) is 0 Å². The number of aromatic nitrogens is 3. The summed E-state index contributed by atoms with van der Waals surface area (Å²) in [5.74, 6) is -2.58. The first-order valence-electron chi connectivity index (χ1n) is 12.8. The molecule has 1 aromatic heterocycles. The predicted molar refractivity (Wildman–Crippen MR) is 127 cm³/mol. The van der Waals surface area contributed by atoms with Gasteiger partial charge in [-0.25, -0.2) is 4.68 Å². The topological polar surface area (TPSA) is 136 Å². The molecule has 36 heavy (non-hydrogen) atoms. The molecule has 1 aromatic carbocycles. The molecule has 1 spiro atoms. The number of hydrogen-bond acceptors (Lipinski definition) is 8. The summed E-state index contributed by atoms with van der Waals surface area (Å²) in [7, 11) is 0. The van der Waals surface area contributed by atoms with E-state index in [0.29, 0.717) is 44.2 Å². The normalized spacial score (nSPS) is 30.7. The number of esters is 1. The Morgan fingerprint density at radius 2 is 2.06 bits per heavy atom. The third-order valence-electron chi connectivity index (χ3n) is 8.10. The number of carbonyl (C=O) groups excluding carboxylic acids is 3. The SMILES string of the molecule is CCOC(=O)[C@H]1[C@H]2C(=O)N(CCCCO)C(C(=O)NCn3nnc4ccccc43)C23CC[C@]1(CC)O3. The van der Waals surface area contributed by atoms with Crippen LogP contribution in [0, 0.1) is 11.8 Å². The van der Waals surface area contributed by atoms with Crippen molar-refractivity contribution in [3.63, 3.8) is 0 Å². The maximum Gasteiger partial charge on any atom is 0.312 e. The predicted octanol–water partition coefficient (Wildman–Crippen LogP) is 0.995. The molecule has 0 saturated carbocycles. The standard InChI is InChI=1S/C25H33N5O6/c1-3-24-11-12-25(36-24)18(19(24)23(34)35-4-2)22(33)29(13-7-8-14-31)20(25)21(32)26-15-30-17-10-6-5-9-16(17)27-28-30/h5-6,9-10,18-20,31H,3-4,7-8,11-15H2,1-2H3,(H,26,32)/t18-,19+,20?,24-,25?/m0/s1. The van der Waals surface area contributed by atoms with Gasteiger partial charge in [-0.2, -0.15) is 0 Å². The highest BCUT2D eigenvalue weighted by Gasteiger charge is 2.78. The van der Waals surface area contributed by atoms with E-state index >= 15 is 0 Å². The number of nitrogens with one attached hydrogen (secondary N) is 1. The van der Waals surface area contributed by atoms with Crippen molar-refractivity contribution in [1.29, 1.82) is 0 Å². The molecule has 2 amide bonds. The molecule has 2 unspecified atom stereocenters. The van der Waals surface area contributed by atoms with Crippen molar-refractivity contribution in [3.05, 3.63) is 24.3 Å². The Morgan fingerprint density at radius 3 is 2.81 bits per heavy atom. The number of para-hydroxylation sites is 1. The van der Waals surface area contributed by atoms with Crippen LogP contribution in [-0.4, -0.2) is 79.8 Å². The quantitative estimate of drug-likeness (QED) is 0.365. The van der Waals surface area contributed by atoms with Crippen molar-refractivity contribution >= 4 is 28.8 Å². The second kappa shape index (κ2) is 9.44. The number of likely N-dealkylation sites (tertiary alicyclic amines) is 1. The van der Waals surface area contributed by atoms with Crippen molar-refractivity contribution in [1.82, 2.24) is 25.2 Å². The zero-order chi connectivity index (χ0) is 25.5. The maximum absolute atomic E-state index is 13.8. The number of ether oxygens (including phenoxy) is 2. The number of hydrogen-bond donors (Lipinski definition) is 2. The molecule has 2 N–H and O–H groups in total. The highest BCUT2D eigenvalue weighted by molar-refractivity contribution is 5.98. The summed E-state index contributed by atoms with van der Waals surface area (Å²) in [5, 5.41) is 20.5. The van der Waals surface area contributed by atoms with Crippen LogP contribution in [0.25, 0.3) is 11.0 Å². The Labute approximate surface area is 209 Å². The van der Waals surface area contributed by atoms with Crippen molar-refractivity contribution < 1.29 is 29.0 Å². The van der Waals surface area contributed by atoms with Crippen LogP contribution in [-0.2, 0) is 30.5 Å². The molecule has 0 aliphatic carbocycles. The highest BCUT2D eigenvalue weighted by atomic mass is 16.6. The first-order valence-corrected chi connectivity index (χ1v) is 12.8. The summed E-state index contributed by atoms with van der Waals surface area (Å²) in [5.41, 5.74) is -0.420. The van der Waals surface area contributed by atoms with Gasteiger partial charge in [0, 0.05) is 13.2 Å². The zero-order valence-corrected chi connectivity index (χ0v) is 20.7. The van der Waals surface area contributed by atoms with Crippen LogP contribution in [0.2, 0.25) is 0 Å². The number of amides is 2. The van der Waals surface area contributed by atoms with Crippen LogP contribution < -0.4 is 5.32 Å². The van der Waals surface area contributed by atoms with E-state index in [9.17, 15) is 19.5 Å². The number of aliphatic hydroxyl groups excluding tert-OH is 1. The number of benzene rings is 1. The maximum atomic E-state index is 13.8. The van der Waals surface area contributed by atoms with Crippen LogP contribution in [0.3, 0.4) is 0 Å². The summed E-state index contributed by atoms with van der Waals surface area (Å²) < 4.78 is 13.6. The van der Waals surface area contributed by atoms with E-state index in [1.165, 1.54) is 0 Å². The largest absolute Gasteiger partial charge is 0.466 e. The van der Waals surface area contributed by atoms with Crippen LogP contribution in [0.5, 0.6) is 0 Å². The fourth-order valence-corrected chi connectivity index (χ4v) is 6.53. The van der Waals surface area contributed by atoms with Gasteiger partial charge in [0.25, 0.3) is 0 Å². The molecule has 3 aliphatic heterocycles. The molecular weight excluding hydrogens is 466 g/mol. The first kappa shape index (κ1) is 24.6. The third-order valence-corrected chi connectivity index (χ3v) is 8.10. The first-order chi connectivity index (χ1) is 17.4. The van der Waals surface area contributed by atoms with E-state index in [-0.39, 0.29) is 31.7 Å². The van der Waals surface area contributed by atoms with Gasteiger partial charge in [0.05, 0.1) is 23.6 Å². The molecule has 3 aliphatic rings. The van der Waals surface area contributed by atoms with Crippen molar-refractivity contribution in [2.75, 3.05) is 19.8 Å². The van der Waals surface area contributed by atoms with Crippen molar-refractivity contribution in [2.45, 2.75) is 69.9 Å². The molecule has 2 aromatic rings. The molecule has 4 heterocycles. The minimum Gasteiger partial charge on any atom is -0.466 e. The van der Waals surface area contributed by atoms with Gasteiger partial charge < -0.3 is 24.8 Å². The van der Waals surface area contributed by atoms with Gasteiger partial charge in [0.15, 0.2) is 0 Å². The van der Waals surface area contributed by atoms with Gasteiger partial charge in [0.1, 0.15) is 29.7 Å². The summed E-state index contributed by atoms with van der Waals surface area (Å²) >= 11 is 0. The Bertz CT molecular complexity index is 1170. The fraction of sp³-hybridized carbons (Fsp3) is 0.640. The highest BCUT2D eigenvalue weighted by Crippen LogP contribution is 2.64. The van der Waals surface area contributed by atoms with Gasteiger partial charge in [-0.15, -0.1) is 5.10 Å². The molecule has 11 nitrogen and oxygen atoms in total. The second-order valence-corrected chi connectivity index (χ2v) is 9.82. The number of rotatable bonds is 10. The Kier molecular flexibility index (Phi) is 6.46. The molecule has 3 fully saturated rings. The number of carbonyl (C=O) groups is 3. The molecule has 11 heteroatoms. The number of unbranched alkanes of at least 4 members (excludes halogenated alkanes) is 1. The monoisotopic (exact) mass is 499 g/mol. The van der Waals surface area contributed by atoms with Crippen LogP contribution in [0.15, 0.2) is 24.3 Å². The summed E-state index contributed by atoms with van der Waals surface area (Å²) in [6.07, 6.45) is 2.67. The Morgan fingerprint density at radius 1 is 1.25 bits per heavy atom. The average Bonchev–Trinajstić information content (AvgIpc) is 3.60. The van der Waals surface area contributed by atoms with E-state index < -0.39 is 35.0 Å². The summed E-state index contributed by atoms with van der Waals surface area (Å²) in [4.78, 5) is 42.3. The van der Waals surface area contributed by atoms with Gasteiger partial charge in [0.2, 0.25) is 11.8 Å². The minimum absolute atomic E-state index is 0.00622. The van der Waals surface area contributed by atoms with E-state index in [2.05, 4.69) is 15.6 Å². The number of aliphatic hydroxyl groups is 1. The Hall–Kier alpha value is -3.05. The lowest BCUT2D eigenvalue weighted by molar-refractivity contribution is -0.160. The van der Waals surface area contributed by atoms with Crippen molar-refractivity contribution in [2.24, 2.45) is 11.8 Å². The molecule has 5 rings (SSSR count).